The lowest BCUT2D eigenvalue weighted by Gasteiger charge is -2.15. The van der Waals surface area contributed by atoms with E-state index in [2.05, 4.69) is 42.2 Å². The van der Waals surface area contributed by atoms with Crippen LogP contribution in [0.25, 0.3) is 0 Å². The molecule has 1 heterocycles. The van der Waals surface area contributed by atoms with Gasteiger partial charge in [0.15, 0.2) is 0 Å². The molecule has 5 heteroatoms. The molecule has 0 aromatic carbocycles. The number of aromatic nitrogens is 1. The van der Waals surface area contributed by atoms with Gasteiger partial charge in [0.05, 0.1) is 11.8 Å². The molecule has 0 amide bonds. The minimum absolute atomic E-state index is 0.272. The minimum Gasteiger partial charge on any atom is -0.392 e. The fourth-order valence-corrected chi connectivity index (χ4v) is 2.27. The van der Waals surface area contributed by atoms with E-state index in [0.29, 0.717) is 13.1 Å². The van der Waals surface area contributed by atoms with Crippen molar-refractivity contribution in [2.75, 3.05) is 6.54 Å². The predicted molar refractivity (Wildman–Crippen MR) is 72.2 cm³/mol. The predicted octanol–water partition coefficient (Wildman–Crippen LogP) is 2.71. The van der Waals surface area contributed by atoms with Crippen molar-refractivity contribution in [3.05, 3.63) is 26.9 Å². The molecule has 0 saturated heterocycles. The van der Waals surface area contributed by atoms with Crippen molar-refractivity contribution in [1.82, 2.24) is 10.3 Å². The zero-order valence-electron chi connectivity index (χ0n) is 9.37. The second kappa shape index (κ2) is 6.69. The van der Waals surface area contributed by atoms with E-state index in [4.69, 9.17) is 0 Å². The second-order valence-corrected chi connectivity index (χ2v) is 5.79. The van der Waals surface area contributed by atoms with Gasteiger partial charge in [-0.3, -0.25) is 4.98 Å². The van der Waals surface area contributed by atoms with Gasteiger partial charge in [0.1, 0.15) is 0 Å². The van der Waals surface area contributed by atoms with E-state index in [-0.39, 0.29) is 12.0 Å². The van der Waals surface area contributed by atoms with E-state index in [1.807, 2.05) is 19.9 Å². The monoisotopic (exact) mass is 350 g/mol. The molecule has 1 aromatic rings. The van der Waals surface area contributed by atoms with Gasteiger partial charge in [0.25, 0.3) is 0 Å². The number of hydrogen-bond acceptors (Lipinski definition) is 3. The number of pyridine rings is 1. The van der Waals surface area contributed by atoms with Crippen LogP contribution in [0.15, 0.2) is 21.2 Å². The molecule has 0 radical (unpaired) electrons. The quantitative estimate of drug-likeness (QED) is 0.857. The lowest BCUT2D eigenvalue weighted by Crippen LogP contribution is -2.30. The second-order valence-electron chi connectivity index (χ2n) is 4.02. The third-order valence-electron chi connectivity index (χ3n) is 2.30. The van der Waals surface area contributed by atoms with Crippen molar-refractivity contribution in [2.45, 2.75) is 26.5 Å². The standard InChI is InChI=1S/C11H16Br2N2O/c1-7(2)11(16)6-14-5-10-9(13)3-8(12)4-15-10/h3-4,7,11,14,16H,5-6H2,1-2H3. The van der Waals surface area contributed by atoms with Crippen molar-refractivity contribution in [3.63, 3.8) is 0 Å². The molecule has 2 N–H and O–H groups in total. The SMILES string of the molecule is CC(C)C(O)CNCc1ncc(Br)cc1Br. The van der Waals surface area contributed by atoms with Crippen LogP contribution in [0.4, 0.5) is 0 Å². The van der Waals surface area contributed by atoms with Crippen LogP contribution in [0.5, 0.6) is 0 Å². The molecule has 3 nitrogen and oxygen atoms in total. The first-order valence-corrected chi connectivity index (χ1v) is 6.78. The van der Waals surface area contributed by atoms with Crippen LogP contribution in [0.1, 0.15) is 19.5 Å². The molecular weight excluding hydrogens is 336 g/mol. The van der Waals surface area contributed by atoms with Crippen LogP contribution in [0.3, 0.4) is 0 Å². The summed E-state index contributed by atoms with van der Waals surface area (Å²) in [5.74, 6) is 0.272. The fraction of sp³-hybridized carbons (Fsp3) is 0.545. The van der Waals surface area contributed by atoms with Crippen LogP contribution in [0, 0.1) is 5.92 Å². The maximum Gasteiger partial charge on any atom is 0.0687 e. The Hall–Kier alpha value is 0.0300. The summed E-state index contributed by atoms with van der Waals surface area (Å²) in [5.41, 5.74) is 0.944. The van der Waals surface area contributed by atoms with Crippen molar-refractivity contribution >= 4 is 31.9 Å². The van der Waals surface area contributed by atoms with Gasteiger partial charge in [-0.15, -0.1) is 0 Å². The van der Waals surface area contributed by atoms with Gasteiger partial charge in [0.2, 0.25) is 0 Å². The Labute approximate surface area is 113 Å². The summed E-state index contributed by atoms with van der Waals surface area (Å²) in [5, 5.41) is 12.8. The smallest absolute Gasteiger partial charge is 0.0687 e. The highest BCUT2D eigenvalue weighted by Gasteiger charge is 2.09. The Balaban J connectivity index is 2.43. The average molecular weight is 352 g/mol. The topological polar surface area (TPSA) is 45.1 Å². The van der Waals surface area contributed by atoms with Gasteiger partial charge in [0, 0.05) is 28.2 Å². The highest BCUT2D eigenvalue weighted by molar-refractivity contribution is 9.11. The molecule has 1 rings (SSSR count). The summed E-state index contributed by atoms with van der Waals surface area (Å²) < 4.78 is 1.92. The molecular formula is C11H16Br2N2O. The van der Waals surface area contributed by atoms with E-state index in [1.165, 1.54) is 0 Å². The molecule has 1 aromatic heterocycles. The minimum atomic E-state index is -0.311. The summed E-state index contributed by atoms with van der Waals surface area (Å²) in [4.78, 5) is 4.28. The Kier molecular flexibility index (Phi) is 5.89. The van der Waals surface area contributed by atoms with Gasteiger partial charge in [-0.1, -0.05) is 13.8 Å². The van der Waals surface area contributed by atoms with Gasteiger partial charge in [-0.05, 0) is 43.8 Å². The van der Waals surface area contributed by atoms with Crippen LogP contribution < -0.4 is 5.32 Å². The van der Waals surface area contributed by atoms with E-state index in [0.717, 1.165) is 14.6 Å². The highest BCUT2D eigenvalue weighted by Crippen LogP contribution is 2.19. The van der Waals surface area contributed by atoms with Crippen molar-refractivity contribution in [2.24, 2.45) is 5.92 Å². The molecule has 0 aliphatic carbocycles. The summed E-state index contributed by atoms with van der Waals surface area (Å²) in [6, 6.07) is 1.96. The lowest BCUT2D eigenvalue weighted by molar-refractivity contribution is 0.123. The summed E-state index contributed by atoms with van der Waals surface area (Å²) in [6.07, 6.45) is 1.45. The third kappa shape index (κ3) is 4.49. The van der Waals surface area contributed by atoms with Crippen LogP contribution in [-0.4, -0.2) is 22.7 Å². The molecule has 0 fully saturated rings. The van der Waals surface area contributed by atoms with E-state index < -0.39 is 0 Å². The number of aliphatic hydroxyl groups excluding tert-OH is 1. The summed E-state index contributed by atoms with van der Waals surface area (Å²) in [7, 11) is 0. The molecule has 0 bridgehead atoms. The maximum atomic E-state index is 9.62. The largest absolute Gasteiger partial charge is 0.392 e. The van der Waals surface area contributed by atoms with E-state index >= 15 is 0 Å². The number of hydrogen-bond donors (Lipinski definition) is 2. The van der Waals surface area contributed by atoms with Crippen LogP contribution in [-0.2, 0) is 6.54 Å². The molecule has 0 aliphatic heterocycles. The molecule has 0 spiro atoms. The van der Waals surface area contributed by atoms with E-state index in [1.54, 1.807) is 6.20 Å². The normalized spacial score (nSPS) is 13.1. The molecule has 90 valence electrons. The third-order valence-corrected chi connectivity index (χ3v) is 3.42. The first kappa shape index (κ1) is 14.1. The number of aliphatic hydroxyl groups is 1. The number of halogens is 2. The first-order valence-electron chi connectivity index (χ1n) is 5.19. The molecule has 1 unspecified atom stereocenters. The van der Waals surface area contributed by atoms with Crippen molar-refractivity contribution in [1.29, 1.82) is 0 Å². The number of nitrogens with zero attached hydrogens (tertiary/aromatic N) is 1. The Morgan fingerprint density at radius 1 is 1.44 bits per heavy atom. The van der Waals surface area contributed by atoms with Crippen molar-refractivity contribution in [3.8, 4) is 0 Å². The van der Waals surface area contributed by atoms with Crippen LogP contribution in [0.2, 0.25) is 0 Å². The van der Waals surface area contributed by atoms with Crippen molar-refractivity contribution < 1.29 is 5.11 Å². The maximum absolute atomic E-state index is 9.62. The molecule has 0 aliphatic rings. The Morgan fingerprint density at radius 3 is 2.69 bits per heavy atom. The average Bonchev–Trinajstić information content (AvgIpc) is 2.20. The summed E-state index contributed by atoms with van der Waals surface area (Å²) in [6.45, 7) is 5.24. The lowest BCUT2D eigenvalue weighted by atomic mass is 10.1. The first-order chi connectivity index (χ1) is 7.50. The highest BCUT2D eigenvalue weighted by atomic mass is 79.9. The number of rotatable bonds is 5. The van der Waals surface area contributed by atoms with E-state index in [9.17, 15) is 5.11 Å². The summed E-state index contributed by atoms with van der Waals surface area (Å²) >= 11 is 6.80. The van der Waals surface area contributed by atoms with Gasteiger partial charge in [-0.2, -0.15) is 0 Å². The zero-order chi connectivity index (χ0) is 12.1. The van der Waals surface area contributed by atoms with Gasteiger partial charge in [-0.25, -0.2) is 0 Å². The fourth-order valence-electron chi connectivity index (χ4n) is 1.15. The van der Waals surface area contributed by atoms with Gasteiger partial charge < -0.3 is 10.4 Å². The Morgan fingerprint density at radius 2 is 2.12 bits per heavy atom. The molecule has 16 heavy (non-hydrogen) atoms. The van der Waals surface area contributed by atoms with Crippen LogP contribution >= 0.6 is 31.9 Å². The molecule has 0 saturated carbocycles. The number of nitrogens with one attached hydrogen (secondary N) is 1. The molecule has 1 atom stereocenters. The van der Waals surface area contributed by atoms with Gasteiger partial charge >= 0.3 is 0 Å². The zero-order valence-corrected chi connectivity index (χ0v) is 12.5. The Bertz CT molecular complexity index is 345.